The Hall–Kier alpha value is -3.15. The van der Waals surface area contributed by atoms with Gasteiger partial charge in [-0.05, 0) is 24.6 Å². The van der Waals surface area contributed by atoms with Crippen molar-refractivity contribution in [1.29, 1.82) is 0 Å². The number of hydrogen-bond donors (Lipinski definition) is 0. The van der Waals surface area contributed by atoms with Gasteiger partial charge in [0.05, 0.1) is 25.8 Å². The quantitative estimate of drug-likeness (QED) is 0.669. The van der Waals surface area contributed by atoms with Gasteiger partial charge in [0.15, 0.2) is 0 Å². The number of aromatic nitrogens is 2. The van der Waals surface area contributed by atoms with E-state index < -0.39 is 11.5 Å². The number of fused-ring (bicyclic) bond motifs is 1. The average Bonchev–Trinajstić information content (AvgIpc) is 2.64. The molecule has 1 heterocycles. The molecule has 128 valence electrons. The second kappa shape index (κ2) is 7.17. The first kappa shape index (κ1) is 16.7. The molecule has 0 saturated heterocycles. The molecule has 2 aromatic carbocycles. The Bertz CT molecular complexity index is 964. The highest BCUT2D eigenvalue weighted by Crippen LogP contribution is 2.23. The van der Waals surface area contributed by atoms with Crippen molar-refractivity contribution in [3.05, 3.63) is 70.1 Å². The number of carbonyl (C=O) groups is 1. The number of carbonyl (C=O) groups excluding carboxylic acids is 1. The second-order valence-electron chi connectivity index (χ2n) is 5.39. The predicted molar refractivity (Wildman–Crippen MR) is 94.1 cm³/mol. The second-order valence-corrected chi connectivity index (χ2v) is 5.39. The van der Waals surface area contributed by atoms with Gasteiger partial charge in [-0.15, -0.1) is 0 Å². The normalized spacial score (nSPS) is 10.6. The fourth-order valence-corrected chi connectivity index (χ4v) is 2.66. The summed E-state index contributed by atoms with van der Waals surface area (Å²) in [5, 5.41) is 0. The van der Waals surface area contributed by atoms with Gasteiger partial charge in [0, 0.05) is 0 Å². The third-order valence-corrected chi connectivity index (χ3v) is 3.81. The highest BCUT2D eigenvalue weighted by atomic mass is 16.5. The highest BCUT2D eigenvalue weighted by Gasteiger charge is 2.20. The monoisotopic (exact) mass is 338 g/mol. The standard InChI is InChI=1S/C19H18N2O4/c1-3-25-19(23)17-18(22)21(12-13-8-5-4-6-9-13)14-10-7-11-15(24-2)16(14)20-17/h4-11H,3,12H2,1-2H3. The highest BCUT2D eigenvalue weighted by molar-refractivity contribution is 5.91. The van der Waals surface area contributed by atoms with Crippen molar-refractivity contribution in [3.8, 4) is 5.75 Å². The third kappa shape index (κ3) is 3.24. The maximum atomic E-state index is 12.9. The summed E-state index contributed by atoms with van der Waals surface area (Å²) in [6, 6.07) is 14.8. The predicted octanol–water partition coefficient (Wildman–Crippen LogP) is 2.63. The molecule has 0 unspecified atom stereocenters. The van der Waals surface area contributed by atoms with E-state index in [-0.39, 0.29) is 12.3 Å². The molecular weight excluding hydrogens is 320 g/mol. The van der Waals surface area contributed by atoms with Gasteiger partial charge in [-0.25, -0.2) is 9.78 Å². The molecular formula is C19H18N2O4. The van der Waals surface area contributed by atoms with Crippen LogP contribution in [0.25, 0.3) is 11.0 Å². The lowest BCUT2D eigenvalue weighted by Crippen LogP contribution is -2.30. The summed E-state index contributed by atoms with van der Waals surface area (Å²) in [4.78, 5) is 29.3. The Kier molecular flexibility index (Phi) is 4.79. The maximum Gasteiger partial charge on any atom is 0.362 e. The van der Waals surface area contributed by atoms with E-state index in [4.69, 9.17) is 9.47 Å². The van der Waals surface area contributed by atoms with Crippen LogP contribution in [0, 0.1) is 0 Å². The summed E-state index contributed by atoms with van der Waals surface area (Å²) in [6.45, 7) is 2.17. The van der Waals surface area contributed by atoms with Crippen LogP contribution in [-0.4, -0.2) is 29.2 Å². The summed E-state index contributed by atoms with van der Waals surface area (Å²) in [6.07, 6.45) is 0. The molecule has 0 radical (unpaired) electrons. The third-order valence-electron chi connectivity index (χ3n) is 3.81. The van der Waals surface area contributed by atoms with Crippen LogP contribution in [0.3, 0.4) is 0 Å². The summed E-state index contributed by atoms with van der Waals surface area (Å²) in [5.74, 6) is -0.244. The molecule has 3 aromatic rings. The van der Waals surface area contributed by atoms with Crippen LogP contribution in [0.5, 0.6) is 5.75 Å². The number of esters is 1. The van der Waals surface area contributed by atoms with Gasteiger partial charge in [-0.3, -0.25) is 4.79 Å². The van der Waals surface area contributed by atoms with Crippen molar-refractivity contribution < 1.29 is 14.3 Å². The van der Waals surface area contributed by atoms with Gasteiger partial charge in [-0.2, -0.15) is 0 Å². The Morgan fingerprint density at radius 1 is 1.12 bits per heavy atom. The van der Waals surface area contributed by atoms with Crippen molar-refractivity contribution in [1.82, 2.24) is 9.55 Å². The number of ether oxygens (including phenoxy) is 2. The van der Waals surface area contributed by atoms with E-state index in [0.717, 1.165) is 5.56 Å². The lowest BCUT2D eigenvalue weighted by Gasteiger charge is -2.13. The SMILES string of the molecule is CCOC(=O)c1nc2c(OC)cccc2n(Cc2ccccc2)c1=O. The van der Waals surface area contributed by atoms with Crippen molar-refractivity contribution in [3.63, 3.8) is 0 Å². The Morgan fingerprint density at radius 2 is 1.88 bits per heavy atom. The van der Waals surface area contributed by atoms with Crippen LogP contribution in [0.2, 0.25) is 0 Å². The van der Waals surface area contributed by atoms with E-state index in [1.54, 1.807) is 25.1 Å². The lowest BCUT2D eigenvalue weighted by atomic mass is 10.2. The smallest absolute Gasteiger partial charge is 0.362 e. The molecule has 3 rings (SSSR count). The molecule has 1 aromatic heterocycles. The van der Waals surface area contributed by atoms with E-state index in [2.05, 4.69) is 4.98 Å². The molecule has 0 fully saturated rings. The van der Waals surface area contributed by atoms with Gasteiger partial charge in [-0.1, -0.05) is 36.4 Å². The maximum absolute atomic E-state index is 12.9. The first-order valence-corrected chi connectivity index (χ1v) is 7.94. The van der Waals surface area contributed by atoms with Crippen LogP contribution < -0.4 is 10.3 Å². The van der Waals surface area contributed by atoms with Crippen molar-refractivity contribution in [2.45, 2.75) is 13.5 Å². The minimum atomic E-state index is -0.734. The molecule has 0 aliphatic heterocycles. The zero-order chi connectivity index (χ0) is 17.8. The van der Waals surface area contributed by atoms with Gasteiger partial charge < -0.3 is 14.0 Å². The van der Waals surface area contributed by atoms with Gasteiger partial charge >= 0.3 is 5.97 Å². The number of hydrogen-bond acceptors (Lipinski definition) is 5. The summed E-state index contributed by atoms with van der Waals surface area (Å²) in [5.41, 5.74) is 1.26. The topological polar surface area (TPSA) is 70.4 Å². The summed E-state index contributed by atoms with van der Waals surface area (Å²) < 4.78 is 11.8. The van der Waals surface area contributed by atoms with E-state index in [1.165, 1.54) is 11.7 Å². The van der Waals surface area contributed by atoms with Crippen LogP contribution in [0.15, 0.2) is 53.3 Å². The Morgan fingerprint density at radius 3 is 2.56 bits per heavy atom. The molecule has 6 nitrogen and oxygen atoms in total. The molecule has 6 heteroatoms. The number of methoxy groups -OCH3 is 1. The molecule has 0 amide bonds. The summed E-state index contributed by atoms with van der Waals surface area (Å²) >= 11 is 0. The Balaban J connectivity index is 2.26. The molecule has 0 saturated carbocycles. The molecule has 0 bridgehead atoms. The van der Waals surface area contributed by atoms with Crippen molar-refractivity contribution in [2.24, 2.45) is 0 Å². The first-order chi connectivity index (χ1) is 12.2. The van der Waals surface area contributed by atoms with Crippen LogP contribution >= 0.6 is 0 Å². The number of para-hydroxylation sites is 1. The fourth-order valence-electron chi connectivity index (χ4n) is 2.66. The molecule has 0 aliphatic carbocycles. The number of rotatable bonds is 5. The Labute approximate surface area is 144 Å². The summed E-state index contributed by atoms with van der Waals surface area (Å²) in [7, 11) is 1.52. The van der Waals surface area contributed by atoms with Crippen molar-refractivity contribution in [2.75, 3.05) is 13.7 Å². The van der Waals surface area contributed by atoms with Crippen molar-refractivity contribution >= 4 is 17.0 Å². The minimum absolute atomic E-state index is 0.169. The van der Waals surface area contributed by atoms with E-state index >= 15 is 0 Å². The van der Waals surface area contributed by atoms with Crippen LogP contribution in [-0.2, 0) is 11.3 Å². The fraction of sp³-hybridized carbons (Fsp3) is 0.211. The van der Waals surface area contributed by atoms with Crippen LogP contribution in [0.4, 0.5) is 0 Å². The van der Waals surface area contributed by atoms with E-state index in [1.807, 2.05) is 30.3 Å². The lowest BCUT2D eigenvalue weighted by molar-refractivity contribution is 0.0517. The molecule has 0 spiro atoms. The molecule has 25 heavy (non-hydrogen) atoms. The van der Waals surface area contributed by atoms with Gasteiger partial charge in [0.2, 0.25) is 5.69 Å². The van der Waals surface area contributed by atoms with E-state index in [0.29, 0.717) is 23.3 Å². The number of benzene rings is 2. The zero-order valence-corrected chi connectivity index (χ0v) is 14.1. The molecule has 0 N–H and O–H groups in total. The first-order valence-electron chi connectivity index (χ1n) is 7.94. The zero-order valence-electron chi connectivity index (χ0n) is 14.1. The average molecular weight is 338 g/mol. The van der Waals surface area contributed by atoms with Gasteiger partial charge in [0.1, 0.15) is 11.3 Å². The minimum Gasteiger partial charge on any atom is -0.494 e. The molecule has 0 aliphatic rings. The van der Waals surface area contributed by atoms with Gasteiger partial charge in [0.25, 0.3) is 5.56 Å². The largest absolute Gasteiger partial charge is 0.494 e. The molecule has 0 atom stereocenters. The van der Waals surface area contributed by atoms with E-state index in [9.17, 15) is 9.59 Å². The van der Waals surface area contributed by atoms with Crippen LogP contribution in [0.1, 0.15) is 23.0 Å². The number of nitrogens with zero attached hydrogens (tertiary/aromatic N) is 2.